The van der Waals surface area contributed by atoms with Crippen molar-refractivity contribution in [3.05, 3.63) is 22.6 Å². The third kappa shape index (κ3) is 3.71. The number of aromatic nitrogens is 1. The molecule has 0 unspecified atom stereocenters. The van der Waals surface area contributed by atoms with Gasteiger partial charge in [-0.25, -0.2) is 9.78 Å². The van der Waals surface area contributed by atoms with E-state index in [9.17, 15) is 22.8 Å². The maximum absolute atomic E-state index is 13.6. The number of fused-ring (bicyclic) bond motifs is 1. The van der Waals surface area contributed by atoms with Gasteiger partial charge in [0.15, 0.2) is 0 Å². The SMILES string of the molecule is CNC(=O)c1csc2c(C(F)(F)F)cc(N3CCC(N(C)C(=O)O)CC3)nc12. The van der Waals surface area contributed by atoms with Crippen LogP contribution in [-0.4, -0.2) is 60.2 Å². The molecular formula is C17H19F3N4O3S. The number of carbonyl (C=O) groups excluding carboxylic acids is 1. The molecular weight excluding hydrogens is 397 g/mol. The number of carboxylic acid groups (broad SMARTS) is 1. The quantitative estimate of drug-likeness (QED) is 0.802. The molecule has 0 spiro atoms. The van der Waals surface area contributed by atoms with Crippen molar-refractivity contribution in [2.45, 2.75) is 25.1 Å². The minimum Gasteiger partial charge on any atom is -0.465 e. The Labute approximate surface area is 162 Å². The van der Waals surface area contributed by atoms with Gasteiger partial charge in [-0.05, 0) is 18.9 Å². The number of nitrogens with one attached hydrogen (secondary N) is 1. The minimum atomic E-state index is -4.58. The fourth-order valence-corrected chi connectivity index (χ4v) is 4.33. The zero-order valence-corrected chi connectivity index (χ0v) is 16.0. The summed E-state index contributed by atoms with van der Waals surface area (Å²) in [6, 6.07) is 0.815. The molecule has 2 amide bonds. The lowest BCUT2D eigenvalue weighted by atomic mass is 10.0. The summed E-state index contributed by atoms with van der Waals surface area (Å²) in [4.78, 5) is 30.4. The number of hydrogen-bond donors (Lipinski definition) is 2. The van der Waals surface area contributed by atoms with Gasteiger partial charge in [0, 0.05) is 38.6 Å². The molecule has 1 aliphatic rings. The number of rotatable bonds is 3. The third-order valence-corrected chi connectivity index (χ3v) is 5.93. The maximum atomic E-state index is 13.6. The van der Waals surface area contributed by atoms with Crippen molar-refractivity contribution >= 4 is 39.4 Å². The molecule has 28 heavy (non-hydrogen) atoms. The minimum absolute atomic E-state index is 0.0268. The van der Waals surface area contributed by atoms with Crippen LogP contribution in [0.2, 0.25) is 0 Å². The molecule has 11 heteroatoms. The Morgan fingerprint density at radius 3 is 2.54 bits per heavy atom. The van der Waals surface area contributed by atoms with E-state index in [0.29, 0.717) is 25.9 Å². The van der Waals surface area contributed by atoms with Gasteiger partial charge < -0.3 is 20.2 Å². The van der Waals surface area contributed by atoms with Crippen molar-refractivity contribution in [1.82, 2.24) is 15.2 Å². The number of pyridine rings is 1. The lowest BCUT2D eigenvalue weighted by Crippen LogP contribution is -2.45. The Morgan fingerprint density at radius 1 is 1.36 bits per heavy atom. The van der Waals surface area contributed by atoms with Crippen LogP contribution in [0.3, 0.4) is 0 Å². The van der Waals surface area contributed by atoms with E-state index in [1.54, 1.807) is 4.90 Å². The number of carbonyl (C=O) groups is 2. The molecule has 0 saturated carbocycles. The highest BCUT2D eigenvalue weighted by Gasteiger charge is 2.36. The molecule has 2 aromatic heterocycles. The van der Waals surface area contributed by atoms with Gasteiger partial charge >= 0.3 is 12.3 Å². The maximum Gasteiger partial charge on any atom is 0.417 e. The number of hydrogen-bond acceptors (Lipinski definition) is 5. The first-order chi connectivity index (χ1) is 13.1. The standard InChI is InChI=1S/C17H19F3N4O3S/c1-21-15(25)10-8-28-14-11(17(18,19)20)7-12(22-13(10)14)24-5-3-9(4-6-24)23(2)16(26)27/h7-9H,3-6H2,1-2H3,(H,21,25)(H,26,27). The monoisotopic (exact) mass is 416 g/mol. The number of thiophene rings is 1. The number of piperidine rings is 1. The van der Waals surface area contributed by atoms with Crippen molar-refractivity contribution in [3.63, 3.8) is 0 Å². The van der Waals surface area contributed by atoms with E-state index >= 15 is 0 Å². The Kier molecular flexibility index (Phi) is 5.37. The van der Waals surface area contributed by atoms with Crippen molar-refractivity contribution in [2.24, 2.45) is 0 Å². The van der Waals surface area contributed by atoms with Gasteiger partial charge in [-0.1, -0.05) is 0 Å². The van der Waals surface area contributed by atoms with Gasteiger partial charge in [0.2, 0.25) is 0 Å². The Hall–Kier alpha value is -2.56. The van der Waals surface area contributed by atoms with E-state index in [1.807, 2.05) is 0 Å². The lowest BCUT2D eigenvalue weighted by Gasteiger charge is -2.36. The largest absolute Gasteiger partial charge is 0.465 e. The first-order valence-electron chi connectivity index (χ1n) is 8.55. The molecule has 7 nitrogen and oxygen atoms in total. The summed E-state index contributed by atoms with van der Waals surface area (Å²) in [5, 5.41) is 12.9. The zero-order valence-electron chi connectivity index (χ0n) is 15.2. The van der Waals surface area contributed by atoms with Gasteiger partial charge in [0.1, 0.15) is 5.82 Å². The predicted octanol–water partition coefficient (Wildman–Crippen LogP) is 3.25. The van der Waals surface area contributed by atoms with Crippen molar-refractivity contribution in [2.75, 3.05) is 32.1 Å². The van der Waals surface area contributed by atoms with E-state index in [1.165, 1.54) is 24.4 Å². The summed E-state index contributed by atoms with van der Waals surface area (Å²) in [5.74, 6) is -0.356. The predicted molar refractivity (Wildman–Crippen MR) is 99.0 cm³/mol. The molecule has 2 aromatic rings. The van der Waals surface area contributed by atoms with E-state index < -0.39 is 23.7 Å². The van der Waals surface area contributed by atoms with Crippen LogP contribution in [-0.2, 0) is 6.18 Å². The molecule has 0 radical (unpaired) electrons. The van der Waals surface area contributed by atoms with Gasteiger partial charge in [0.05, 0.1) is 21.3 Å². The smallest absolute Gasteiger partial charge is 0.417 e. The second kappa shape index (κ2) is 7.46. The van der Waals surface area contributed by atoms with E-state index in [0.717, 1.165) is 17.4 Å². The molecule has 0 aliphatic carbocycles. The van der Waals surface area contributed by atoms with Crippen molar-refractivity contribution < 1.29 is 27.9 Å². The highest BCUT2D eigenvalue weighted by molar-refractivity contribution is 7.17. The lowest BCUT2D eigenvalue weighted by molar-refractivity contribution is -0.136. The van der Waals surface area contributed by atoms with Gasteiger partial charge in [0.25, 0.3) is 5.91 Å². The molecule has 1 saturated heterocycles. The summed E-state index contributed by atoms with van der Waals surface area (Å²) in [5.41, 5.74) is -0.688. The van der Waals surface area contributed by atoms with Crippen molar-refractivity contribution in [1.29, 1.82) is 0 Å². The second-order valence-electron chi connectivity index (χ2n) is 6.54. The van der Waals surface area contributed by atoms with Gasteiger partial charge in [-0.15, -0.1) is 11.3 Å². The van der Waals surface area contributed by atoms with E-state index in [2.05, 4.69) is 10.3 Å². The Bertz CT molecular complexity index is 907. The first kappa shape index (κ1) is 20.2. The van der Waals surface area contributed by atoms with Crippen LogP contribution in [0.5, 0.6) is 0 Å². The molecule has 0 atom stereocenters. The Balaban J connectivity index is 1.98. The fourth-order valence-electron chi connectivity index (χ4n) is 3.30. The van der Waals surface area contributed by atoms with Crippen LogP contribution in [0.15, 0.2) is 11.4 Å². The fraction of sp³-hybridized carbons (Fsp3) is 0.471. The van der Waals surface area contributed by atoms with Gasteiger partial charge in [-0.2, -0.15) is 13.2 Å². The van der Waals surface area contributed by atoms with Crippen LogP contribution in [0.25, 0.3) is 10.2 Å². The molecule has 0 aromatic carbocycles. The third-order valence-electron chi connectivity index (χ3n) is 4.92. The summed E-state index contributed by atoms with van der Waals surface area (Å²) in [6.07, 6.45) is -4.65. The first-order valence-corrected chi connectivity index (χ1v) is 9.43. The average molecular weight is 416 g/mol. The highest BCUT2D eigenvalue weighted by Crippen LogP contribution is 2.40. The van der Waals surface area contributed by atoms with Crippen LogP contribution in [0.1, 0.15) is 28.8 Å². The van der Waals surface area contributed by atoms with E-state index in [4.69, 9.17) is 5.11 Å². The topological polar surface area (TPSA) is 85.8 Å². The summed E-state index contributed by atoms with van der Waals surface area (Å²) in [6.45, 7) is 0.745. The van der Waals surface area contributed by atoms with Crippen LogP contribution >= 0.6 is 11.3 Å². The normalized spacial score (nSPS) is 15.7. The summed E-state index contributed by atoms with van der Waals surface area (Å²) >= 11 is 0.840. The van der Waals surface area contributed by atoms with Crippen molar-refractivity contribution in [3.8, 4) is 0 Å². The Morgan fingerprint density at radius 2 is 2.00 bits per heavy atom. The summed E-state index contributed by atoms with van der Waals surface area (Å²) in [7, 11) is 2.89. The van der Waals surface area contributed by atoms with Crippen LogP contribution in [0, 0.1) is 0 Å². The van der Waals surface area contributed by atoms with Crippen LogP contribution < -0.4 is 10.2 Å². The molecule has 0 bridgehead atoms. The molecule has 1 fully saturated rings. The van der Waals surface area contributed by atoms with Crippen LogP contribution in [0.4, 0.5) is 23.8 Å². The number of alkyl halides is 3. The van der Waals surface area contributed by atoms with Gasteiger partial charge in [-0.3, -0.25) is 4.79 Å². The molecule has 152 valence electrons. The number of nitrogens with zero attached hydrogens (tertiary/aromatic N) is 3. The zero-order chi connectivity index (χ0) is 20.6. The second-order valence-corrected chi connectivity index (χ2v) is 7.42. The number of halogens is 3. The van der Waals surface area contributed by atoms with E-state index in [-0.39, 0.29) is 27.6 Å². The molecule has 2 N–H and O–H groups in total. The highest BCUT2D eigenvalue weighted by atomic mass is 32.1. The molecule has 1 aliphatic heterocycles. The average Bonchev–Trinajstić information content (AvgIpc) is 3.09. The molecule has 3 rings (SSSR count). The number of amides is 2. The molecule has 3 heterocycles. The summed E-state index contributed by atoms with van der Waals surface area (Å²) < 4.78 is 40.7. The number of anilines is 1.